The van der Waals surface area contributed by atoms with Gasteiger partial charge in [0.2, 0.25) is 0 Å². The average Bonchev–Trinajstić information content (AvgIpc) is 2.42. The largest absolute Gasteiger partial charge is 0.457 e. The Labute approximate surface area is 121 Å². The molecule has 0 heterocycles. The highest BCUT2D eigenvalue weighted by atomic mass is 35.5. The Hall–Kier alpha value is -2.08. The minimum Gasteiger partial charge on any atom is -0.457 e. The molecule has 0 saturated carbocycles. The lowest BCUT2D eigenvalue weighted by Crippen LogP contribution is -2.08. The molecule has 21 heavy (non-hydrogen) atoms. The summed E-state index contributed by atoms with van der Waals surface area (Å²) < 4.78 is 56.9. The number of ether oxygens (including phenoxy) is 1. The average molecular weight is 319 g/mol. The molecule has 0 atom stereocenters. The fourth-order valence-corrected chi connectivity index (χ4v) is 1.77. The number of halogens is 5. The van der Waals surface area contributed by atoms with Crippen LogP contribution in [-0.2, 0) is 6.18 Å². The van der Waals surface area contributed by atoms with E-state index in [9.17, 15) is 22.4 Å². The van der Waals surface area contributed by atoms with Crippen molar-refractivity contribution in [3.63, 3.8) is 0 Å². The molecule has 0 unspecified atom stereocenters. The van der Waals surface area contributed by atoms with Crippen LogP contribution in [0.25, 0.3) is 0 Å². The first-order valence-corrected chi connectivity index (χ1v) is 5.98. The van der Waals surface area contributed by atoms with Crippen molar-refractivity contribution in [2.45, 2.75) is 6.18 Å². The summed E-state index contributed by atoms with van der Waals surface area (Å²) in [5, 5.41) is -0.273. The van der Waals surface area contributed by atoms with Crippen LogP contribution in [0.3, 0.4) is 0 Å². The lowest BCUT2D eigenvalue weighted by atomic mass is 10.1. The van der Waals surface area contributed by atoms with Gasteiger partial charge in [-0.1, -0.05) is 11.6 Å². The van der Waals surface area contributed by atoms with E-state index in [0.29, 0.717) is 12.4 Å². The van der Waals surface area contributed by atoms with Crippen LogP contribution in [0.1, 0.15) is 15.9 Å². The molecular weight excluding hydrogens is 312 g/mol. The minimum absolute atomic E-state index is 0.0502. The topological polar surface area (TPSA) is 26.3 Å². The van der Waals surface area contributed by atoms with Gasteiger partial charge in [-0.15, -0.1) is 0 Å². The second-order valence-corrected chi connectivity index (χ2v) is 4.46. The smallest absolute Gasteiger partial charge is 0.420 e. The third-order valence-corrected chi connectivity index (χ3v) is 2.85. The lowest BCUT2D eigenvalue weighted by molar-refractivity contribution is -0.138. The van der Waals surface area contributed by atoms with E-state index in [4.69, 9.17) is 16.3 Å². The number of rotatable bonds is 3. The maximum atomic E-state index is 13.0. The maximum Gasteiger partial charge on any atom is 0.420 e. The van der Waals surface area contributed by atoms with Gasteiger partial charge in [-0.2, -0.15) is 13.2 Å². The molecule has 2 aromatic carbocycles. The highest BCUT2D eigenvalue weighted by Gasteiger charge is 2.35. The first-order chi connectivity index (χ1) is 9.81. The SMILES string of the molecule is O=Cc1ccc(Oc2ccc(F)c(Cl)c2)c(C(F)(F)F)c1. The molecule has 0 fully saturated rings. The fourth-order valence-electron chi connectivity index (χ4n) is 1.60. The molecule has 0 N–H and O–H groups in total. The predicted molar refractivity (Wildman–Crippen MR) is 68.3 cm³/mol. The van der Waals surface area contributed by atoms with Gasteiger partial charge in [-0.3, -0.25) is 4.79 Å². The molecule has 0 amide bonds. The van der Waals surface area contributed by atoms with Gasteiger partial charge in [0.15, 0.2) is 0 Å². The molecule has 0 bridgehead atoms. The van der Waals surface area contributed by atoms with Crippen LogP contribution in [0.15, 0.2) is 36.4 Å². The molecule has 0 aromatic heterocycles. The molecule has 0 saturated heterocycles. The summed E-state index contributed by atoms with van der Waals surface area (Å²) in [4.78, 5) is 10.6. The standard InChI is InChI=1S/C14H7ClF4O2/c15-11-6-9(2-3-12(11)16)21-13-4-1-8(7-20)5-10(13)14(17,18)19/h1-7H. The zero-order valence-corrected chi connectivity index (χ0v) is 11.0. The number of benzene rings is 2. The summed E-state index contributed by atoms with van der Waals surface area (Å²) >= 11 is 5.53. The van der Waals surface area contributed by atoms with Crippen LogP contribution in [0.5, 0.6) is 11.5 Å². The highest BCUT2D eigenvalue weighted by Crippen LogP contribution is 2.39. The van der Waals surface area contributed by atoms with Crippen molar-refractivity contribution in [1.29, 1.82) is 0 Å². The molecule has 2 rings (SSSR count). The van der Waals surface area contributed by atoms with Crippen molar-refractivity contribution in [2.24, 2.45) is 0 Å². The molecule has 0 radical (unpaired) electrons. The lowest BCUT2D eigenvalue weighted by Gasteiger charge is -2.14. The molecule has 0 aliphatic rings. The van der Waals surface area contributed by atoms with Crippen molar-refractivity contribution in [1.82, 2.24) is 0 Å². The summed E-state index contributed by atoms with van der Waals surface area (Å²) in [5.41, 5.74) is -1.24. The first-order valence-electron chi connectivity index (χ1n) is 5.60. The number of aldehydes is 1. The van der Waals surface area contributed by atoms with E-state index in [1.54, 1.807) is 0 Å². The second kappa shape index (κ2) is 5.73. The number of hydrogen-bond acceptors (Lipinski definition) is 2. The summed E-state index contributed by atoms with van der Waals surface area (Å²) in [5.74, 6) is -1.27. The van der Waals surface area contributed by atoms with Crippen LogP contribution >= 0.6 is 11.6 Å². The molecular formula is C14H7ClF4O2. The van der Waals surface area contributed by atoms with Gasteiger partial charge < -0.3 is 4.74 Å². The number of hydrogen-bond donors (Lipinski definition) is 0. The molecule has 110 valence electrons. The van der Waals surface area contributed by atoms with E-state index >= 15 is 0 Å². The van der Waals surface area contributed by atoms with Gasteiger partial charge in [0.1, 0.15) is 23.6 Å². The molecule has 2 nitrogen and oxygen atoms in total. The van der Waals surface area contributed by atoms with E-state index in [2.05, 4.69) is 0 Å². The Morgan fingerprint density at radius 2 is 1.81 bits per heavy atom. The van der Waals surface area contributed by atoms with Crippen LogP contribution in [0.4, 0.5) is 17.6 Å². The van der Waals surface area contributed by atoms with Crippen molar-refractivity contribution in [2.75, 3.05) is 0 Å². The number of carbonyl (C=O) groups excluding carboxylic acids is 1. The third-order valence-electron chi connectivity index (χ3n) is 2.56. The van der Waals surface area contributed by atoms with Gasteiger partial charge in [-0.25, -0.2) is 4.39 Å². The quantitative estimate of drug-likeness (QED) is 0.581. The molecule has 0 aliphatic carbocycles. The molecule has 2 aromatic rings. The number of carbonyl (C=O) groups is 1. The van der Waals surface area contributed by atoms with Crippen LogP contribution in [0, 0.1) is 5.82 Å². The van der Waals surface area contributed by atoms with Gasteiger partial charge >= 0.3 is 6.18 Å². The maximum absolute atomic E-state index is 13.0. The van der Waals surface area contributed by atoms with Crippen molar-refractivity contribution in [3.05, 3.63) is 58.4 Å². The van der Waals surface area contributed by atoms with Crippen LogP contribution < -0.4 is 4.74 Å². The zero-order chi connectivity index (χ0) is 15.6. The van der Waals surface area contributed by atoms with E-state index in [1.165, 1.54) is 6.07 Å². The highest BCUT2D eigenvalue weighted by molar-refractivity contribution is 6.30. The Balaban J connectivity index is 2.43. The van der Waals surface area contributed by atoms with Gasteiger partial charge in [0, 0.05) is 11.6 Å². The van der Waals surface area contributed by atoms with Gasteiger partial charge in [-0.05, 0) is 30.3 Å². The Morgan fingerprint density at radius 3 is 2.38 bits per heavy atom. The molecule has 7 heteroatoms. The van der Waals surface area contributed by atoms with E-state index < -0.39 is 23.3 Å². The number of alkyl halides is 3. The van der Waals surface area contributed by atoms with Gasteiger partial charge in [0.25, 0.3) is 0 Å². The monoisotopic (exact) mass is 318 g/mol. The Kier molecular flexibility index (Phi) is 4.18. The van der Waals surface area contributed by atoms with E-state index in [0.717, 1.165) is 24.3 Å². The van der Waals surface area contributed by atoms with Crippen molar-refractivity contribution >= 4 is 17.9 Å². The predicted octanol–water partition coefficient (Wildman–Crippen LogP) is 5.10. The summed E-state index contributed by atoms with van der Waals surface area (Å²) in [6.45, 7) is 0. The van der Waals surface area contributed by atoms with Crippen LogP contribution in [-0.4, -0.2) is 6.29 Å². The Bertz CT molecular complexity index is 683. The fraction of sp³-hybridized carbons (Fsp3) is 0.0714. The molecule has 0 aliphatic heterocycles. The van der Waals surface area contributed by atoms with E-state index in [1.807, 2.05) is 0 Å². The van der Waals surface area contributed by atoms with Gasteiger partial charge in [0.05, 0.1) is 10.6 Å². The third kappa shape index (κ3) is 3.52. The van der Waals surface area contributed by atoms with Crippen molar-refractivity contribution in [3.8, 4) is 11.5 Å². The normalized spacial score (nSPS) is 11.3. The molecule has 0 spiro atoms. The second-order valence-electron chi connectivity index (χ2n) is 4.05. The van der Waals surface area contributed by atoms with Crippen LogP contribution in [0.2, 0.25) is 5.02 Å². The van der Waals surface area contributed by atoms with E-state index in [-0.39, 0.29) is 16.3 Å². The van der Waals surface area contributed by atoms with Crippen molar-refractivity contribution < 1.29 is 27.1 Å². The summed E-state index contributed by atoms with van der Waals surface area (Å²) in [7, 11) is 0. The Morgan fingerprint density at radius 1 is 1.10 bits per heavy atom. The zero-order valence-electron chi connectivity index (χ0n) is 10.2. The minimum atomic E-state index is -4.70. The summed E-state index contributed by atoms with van der Waals surface area (Å²) in [6.07, 6.45) is -4.40. The first kappa shape index (κ1) is 15.3. The summed E-state index contributed by atoms with van der Waals surface area (Å²) in [6, 6.07) is 6.06.